The number of benzene rings is 1. The highest BCUT2D eigenvalue weighted by Crippen LogP contribution is 2.45. The van der Waals surface area contributed by atoms with E-state index in [4.69, 9.17) is 11.6 Å². The van der Waals surface area contributed by atoms with E-state index >= 15 is 0 Å². The van der Waals surface area contributed by atoms with Crippen molar-refractivity contribution in [2.45, 2.75) is 12.3 Å². The Morgan fingerprint density at radius 2 is 1.85 bits per heavy atom. The number of nitrogens with zero attached hydrogens (tertiary/aromatic N) is 2. The van der Waals surface area contributed by atoms with E-state index in [0.717, 1.165) is 31.5 Å². The summed E-state index contributed by atoms with van der Waals surface area (Å²) < 4.78 is 0. The number of carbonyl (C=O) groups excluding carboxylic acids is 1. The lowest BCUT2D eigenvalue weighted by Gasteiger charge is -2.25. The Kier molecular flexibility index (Phi) is 4.85. The number of rotatable bonds is 3. The monoisotopic (exact) mass is 394 g/mol. The molecule has 0 amide bonds. The second kappa shape index (κ2) is 7.29. The van der Waals surface area contributed by atoms with Crippen LogP contribution in [0.2, 0.25) is 5.02 Å². The molecular formula is C22H19ClN2OS. The first-order valence-corrected chi connectivity index (χ1v) is 9.94. The first-order chi connectivity index (χ1) is 13.0. The molecule has 27 heavy (non-hydrogen) atoms. The summed E-state index contributed by atoms with van der Waals surface area (Å²) in [6, 6.07) is 14.1. The van der Waals surface area contributed by atoms with Gasteiger partial charge in [-0.3, -0.25) is 9.78 Å². The number of aromatic nitrogens is 1. The van der Waals surface area contributed by atoms with Crippen molar-refractivity contribution in [1.29, 1.82) is 0 Å². The van der Waals surface area contributed by atoms with Gasteiger partial charge in [0.05, 0.1) is 4.88 Å². The van der Waals surface area contributed by atoms with Gasteiger partial charge in [-0.1, -0.05) is 23.7 Å². The Morgan fingerprint density at radius 1 is 1.15 bits per heavy atom. The maximum atomic E-state index is 13.1. The average molecular weight is 395 g/mol. The van der Waals surface area contributed by atoms with Crippen LogP contribution in [0.25, 0.3) is 10.4 Å². The van der Waals surface area contributed by atoms with Crippen molar-refractivity contribution in [3.63, 3.8) is 0 Å². The van der Waals surface area contributed by atoms with E-state index in [-0.39, 0.29) is 11.7 Å². The summed E-state index contributed by atoms with van der Waals surface area (Å²) in [5, 5.41) is 0.720. The third-order valence-corrected chi connectivity index (χ3v) is 6.16. The molecule has 3 nitrogen and oxygen atoms in total. The Bertz CT molecular complexity index is 1010. The number of hydrogen-bond acceptors (Lipinski definition) is 4. The van der Waals surface area contributed by atoms with E-state index in [2.05, 4.69) is 23.2 Å². The molecule has 1 aliphatic carbocycles. The van der Waals surface area contributed by atoms with Gasteiger partial charge in [0, 0.05) is 54.1 Å². The first kappa shape index (κ1) is 18.0. The number of carbonyl (C=O) groups is 1. The molecule has 0 saturated carbocycles. The van der Waals surface area contributed by atoms with Gasteiger partial charge in [0.25, 0.3) is 0 Å². The Morgan fingerprint density at radius 3 is 2.52 bits per heavy atom. The van der Waals surface area contributed by atoms with Gasteiger partial charge in [-0.15, -0.1) is 11.3 Å². The van der Waals surface area contributed by atoms with Crippen LogP contribution >= 0.6 is 22.9 Å². The summed E-state index contributed by atoms with van der Waals surface area (Å²) in [6.45, 7) is 0. The maximum absolute atomic E-state index is 13.1. The number of Topliss-reactive ketones (excluding diaryl/α,β-unsaturated/α-hetero) is 1. The molecule has 1 unspecified atom stereocenters. The van der Waals surface area contributed by atoms with Gasteiger partial charge in [-0.2, -0.15) is 0 Å². The number of allylic oxidation sites excluding steroid dienone is 1. The van der Waals surface area contributed by atoms with Gasteiger partial charge in [-0.25, -0.2) is 0 Å². The molecule has 0 N–H and O–H groups in total. The lowest BCUT2D eigenvalue weighted by atomic mass is 9.79. The molecule has 2 heterocycles. The summed E-state index contributed by atoms with van der Waals surface area (Å²) >= 11 is 7.65. The molecule has 4 rings (SSSR count). The minimum absolute atomic E-state index is 0.134. The van der Waals surface area contributed by atoms with E-state index < -0.39 is 0 Å². The standard InChI is InChI=1S/C22H19ClN2OS/c1-25(2)13-16-11-18(14-3-5-17(23)6-4-14)19-12-20(27-22(19)21(16)26)15-7-9-24-10-8-15/h3-10,12-13,18H,11H2,1-2H3/b16-13-. The molecule has 1 atom stereocenters. The molecule has 5 heteroatoms. The highest BCUT2D eigenvalue weighted by molar-refractivity contribution is 7.17. The van der Waals surface area contributed by atoms with Crippen LogP contribution in [0.3, 0.4) is 0 Å². The van der Waals surface area contributed by atoms with Crippen molar-refractivity contribution in [2.24, 2.45) is 0 Å². The zero-order valence-electron chi connectivity index (χ0n) is 15.1. The molecule has 0 radical (unpaired) electrons. The third-order valence-electron chi connectivity index (χ3n) is 4.71. The topological polar surface area (TPSA) is 33.2 Å². The zero-order chi connectivity index (χ0) is 19.0. The van der Waals surface area contributed by atoms with Crippen LogP contribution in [-0.2, 0) is 0 Å². The number of ketones is 1. The second-order valence-corrected chi connectivity index (χ2v) is 8.37. The smallest absolute Gasteiger partial charge is 0.200 e. The summed E-state index contributed by atoms with van der Waals surface area (Å²) in [5.41, 5.74) is 4.22. The van der Waals surface area contributed by atoms with Crippen molar-refractivity contribution in [3.8, 4) is 10.4 Å². The number of halogens is 1. The average Bonchev–Trinajstić information content (AvgIpc) is 3.11. The molecule has 0 fully saturated rings. The highest BCUT2D eigenvalue weighted by atomic mass is 35.5. The van der Waals surface area contributed by atoms with Crippen LogP contribution in [0.1, 0.15) is 33.1 Å². The molecule has 0 bridgehead atoms. The van der Waals surface area contributed by atoms with Gasteiger partial charge < -0.3 is 4.90 Å². The van der Waals surface area contributed by atoms with E-state index in [1.165, 1.54) is 5.56 Å². The van der Waals surface area contributed by atoms with Gasteiger partial charge in [0.2, 0.25) is 5.78 Å². The molecule has 1 aliphatic rings. The predicted octanol–water partition coefficient (Wildman–Crippen LogP) is 5.63. The van der Waals surface area contributed by atoms with E-state index in [9.17, 15) is 4.79 Å². The maximum Gasteiger partial charge on any atom is 0.200 e. The van der Waals surface area contributed by atoms with E-state index in [1.54, 1.807) is 23.7 Å². The molecule has 0 spiro atoms. The summed E-state index contributed by atoms with van der Waals surface area (Å²) in [7, 11) is 3.90. The van der Waals surface area contributed by atoms with Crippen LogP contribution in [0, 0.1) is 0 Å². The SMILES string of the molecule is CN(C)/C=C1/CC(c2ccc(Cl)cc2)c2cc(-c3ccncc3)sc2C1=O. The fourth-order valence-electron chi connectivity index (χ4n) is 3.48. The van der Waals surface area contributed by atoms with Crippen LogP contribution in [-0.4, -0.2) is 29.8 Å². The quantitative estimate of drug-likeness (QED) is 0.540. The number of hydrogen-bond donors (Lipinski definition) is 0. The van der Waals surface area contributed by atoms with E-state index in [0.29, 0.717) is 6.42 Å². The van der Waals surface area contributed by atoms with Crippen LogP contribution in [0.4, 0.5) is 0 Å². The number of pyridine rings is 1. The number of fused-ring (bicyclic) bond motifs is 1. The fourth-order valence-corrected chi connectivity index (χ4v) is 4.81. The minimum Gasteiger partial charge on any atom is -0.383 e. The number of thiophene rings is 1. The molecule has 0 saturated heterocycles. The van der Waals surface area contributed by atoms with Crippen LogP contribution in [0.5, 0.6) is 0 Å². The van der Waals surface area contributed by atoms with Crippen molar-refractivity contribution < 1.29 is 4.79 Å². The molecule has 2 aromatic heterocycles. The predicted molar refractivity (Wildman–Crippen MR) is 112 cm³/mol. The van der Waals surface area contributed by atoms with Crippen molar-refractivity contribution in [3.05, 3.63) is 87.7 Å². The molecule has 0 aliphatic heterocycles. The van der Waals surface area contributed by atoms with Crippen molar-refractivity contribution in [2.75, 3.05) is 14.1 Å². The van der Waals surface area contributed by atoms with Gasteiger partial charge in [0.1, 0.15) is 0 Å². The Balaban J connectivity index is 1.85. The molecule has 3 aromatic rings. The summed E-state index contributed by atoms with van der Waals surface area (Å²) in [5.74, 6) is 0.280. The van der Waals surface area contributed by atoms with Crippen molar-refractivity contribution in [1.82, 2.24) is 9.88 Å². The Hall–Kier alpha value is -2.43. The first-order valence-electron chi connectivity index (χ1n) is 8.74. The van der Waals surface area contributed by atoms with Gasteiger partial charge in [-0.05, 0) is 53.4 Å². The lowest BCUT2D eigenvalue weighted by Crippen LogP contribution is -2.19. The highest BCUT2D eigenvalue weighted by Gasteiger charge is 2.33. The lowest BCUT2D eigenvalue weighted by molar-refractivity contribution is 0.102. The zero-order valence-corrected chi connectivity index (χ0v) is 16.7. The summed E-state index contributed by atoms with van der Waals surface area (Å²) in [4.78, 5) is 21.1. The third kappa shape index (κ3) is 3.55. The largest absolute Gasteiger partial charge is 0.383 e. The minimum atomic E-state index is 0.134. The fraction of sp³-hybridized carbons (Fsp3) is 0.182. The van der Waals surface area contributed by atoms with E-state index in [1.807, 2.05) is 49.5 Å². The molecular weight excluding hydrogens is 376 g/mol. The molecule has 1 aromatic carbocycles. The molecule has 136 valence electrons. The van der Waals surface area contributed by atoms with Gasteiger partial charge in [0.15, 0.2) is 0 Å². The summed E-state index contributed by atoms with van der Waals surface area (Å²) in [6.07, 6.45) is 6.20. The normalized spacial score (nSPS) is 17.8. The van der Waals surface area contributed by atoms with Crippen molar-refractivity contribution >= 4 is 28.7 Å². The Labute approximate surface area is 167 Å². The van der Waals surface area contributed by atoms with Crippen LogP contribution < -0.4 is 0 Å². The van der Waals surface area contributed by atoms with Gasteiger partial charge >= 0.3 is 0 Å². The van der Waals surface area contributed by atoms with Crippen LogP contribution in [0.15, 0.2) is 66.6 Å². The second-order valence-electron chi connectivity index (χ2n) is 6.89.